The van der Waals surface area contributed by atoms with E-state index in [2.05, 4.69) is 30.6 Å². The lowest BCUT2D eigenvalue weighted by atomic mass is 10.1. The maximum absolute atomic E-state index is 5.70. The van der Waals surface area contributed by atoms with Crippen LogP contribution in [-0.4, -0.2) is 68.3 Å². The second-order valence-corrected chi connectivity index (χ2v) is 5.76. The summed E-state index contributed by atoms with van der Waals surface area (Å²) in [6.45, 7) is 15.0. The molecule has 0 amide bonds. The standard InChI is InChI=1S/C14H31N3O/c1-13(2)18-10-9-16-5-4-6-17(8-7-16)12-14(3)11-15/h13-14H,4-12,15H2,1-3H3. The van der Waals surface area contributed by atoms with E-state index in [1.807, 2.05) is 0 Å². The van der Waals surface area contributed by atoms with Crippen LogP contribution < -0.4 is 5.73 Å². The van der Waals surface area contributed by atoms with Crippen molar-refractivity contribution in [3.63, 3.8) is 0 Å². The van der Waals surface area contributed by atoms with Gasteiger partial charge in [-0.2, -0.15) is 0 Å². The highest BCUT2D eigenvalue weighted by molar-refractivity contribution is 4.71. The van der Waals surface area contributed by atoms with E-state index >= 15 is 0 Å². The molecule has 1 aliphatic rings. The molecule has 0 bridgehead atoms. The van der Waals surface area contributed by atoms with Crippen LogP contribution in [0, 0.1) is 5.92 Å². The predicted octanol–water partition coefficient (Wildman–Crippen LogP) is 1.01. The van der Waals surface area contributed by atoms with Gasteiger partial charge in [0.15, 0.2) is 0 Å². The molecule has 1 saturated heterocycles. The molecule has 2 N–H and O–H groups in total. The fourth-order valence-electron chi connectivity index (χ4n) is 2.36. The summed E-state index contributed by atoms with van der Waals surface area (Å²) in [5.74, 6) is 0.612. The lowest BCUT2D eigenvalue weighted by Gasteiger charge is -2.24. The van der Waals surface area contributed by atoms with Crippen LogP contribution in [0.5, 0.6) is 0 Å². The van der Waals surface area contributed by atoms with Crippen molar-refractivity contribution in [2.45, 2.75) is 33.3 Å². The Morgan fingerprint density at radius 1 is 1.06 bits per heavy atom. The molecule has 1 heterocycles. The Morgan fingerprint density at radius 2 is 1.72 bits per heavy atom. The number of hydrogen-bond acceptors (Lipinski definition) is 4. The van der Waals surface area contributed by atoms with Gasteiger partial charge in [0.2, 0.25) is 0 Å². The number of rotatable bonds is 7. The number of hydrogen-bond donors (Lipinski definition) is 1. The molecule has 0 aromatic carbocycles. The minimum absolute atomic E-state index is 0.346. The summed E-state index contributed by atoms with van der Waals surface area (Å²) in [6, 6.07) is 0. The van der Waals surface area contributed by atoms with Gasteiger partial charge < -0.3 is 15.4 Å². The van der Waals surface area contributed by atoms with Crippen LogP contribution in [-0.2, 0) is 4.74 Å². The minimum atomic E-state index is 0.346. The van der Waals surface area contributed by atoms with E-state index in [1.54, 1.807) is 0 Å². The maximum atomic E-state index is 5.70. The van der Waals surface area contributed by atoms with E-state index in [-0.39, 0.29) is 0 Å². The van der Waals surface area contributed by atoms with Gasteiger partial charge >= 0.3 is 0 Å². The van der Waals surface area contributed by atoms with Crippen LogP contribution in [0.25, 0.3) is 0 Å². The van der Waals surface area contributed by atoms with E-state index in [4.69, 9.17) is 10.5 Å². The number of ether oxygens (including phenoxy) is 1. The fraction of sp³-hybridized carbons (Fsp3) is 1.00. The van der Waals surface area contributed by atoms with E-state index < -0.39 is 0 Å². The highest BCUT2D eigenvalue weighted by Crippen LogP contribution is 2.06. The number of nitrogens with zero attached hydrogens (tertiary/aromatic N) is 2. The van der Waals surface area contributed by atoms with E-state index in [9.17, 15) is 0 Å². The van der Waals surface area contributed by atoms with Crippen molar-refractivity contribution in [3.05, 3.63) is 0 Å². The van der Waals surface area contributed by atoms with Gasteiger partial charge in [-0.3, -0.25) is 4.90 Å². The monoisotopic (exact) mass is 257 g/mol. The van der Waals surface area contributed by atoms with Crippen LogP contribution in [0.3, 0.4) is 0 Å². The van der Waals surface area contributed by atoms with Crippen LogP contribution in [0.2, 0.25) is 0 Å². The molecule has 0 aromatic heterocycles. The first-order valence-electron chi connectivity index (χ1n) is 7.38. The van der Waals surface area contributed by atoms with Gasteiger partial charge in [0.05, 0.1) is 12.7 Å². The molecule has 1 atom stereocenters. The largest absolute Gasteiger partial charge is 0.377 e. The second-order valence-electron chi connectivity index (χ2n) is 5.76. The second kappa shape index (κ2) is 8.86. The van der Waals surface area contributed by atoms with Crippen molar-refractivity contribution in [2.24, 2.45) is 11.7 Å². The van der Waals surface area contributed by atoms with Crippen molar-refractivity contribution in [1.29, 1.82) is 0 Å². The van der Waals surface area contributed by atoms with Gasteiger partial charge in [-0.25, -0.2) is 0 Å². The first-order valence-corrected chi connectivity index (χ1v) is 7.38. The molecule has 1 unspecified atom stereocenters. The molecular weight excluding hydrogens is 226 g/mol. The van der Waals surface area contributed by atoms with Gasteiger partial charge in [0.1, 0.15) is 0 Å². The minimum Gasteiger partial charge on any atom is -0.377 e. The zero-order chi connectivity index (χ0) is 13.4. The molecule has 0 saturated carbocycles. The zero-order valence-corrected chi connectivity index (χ0v) is 12.4. The summed E-state index contributed by atoms with van der Waals surface area (Å²) in [5, 5.41) is 0. The first-order chi connectivity index (χ1) is 8.61. The molecule has 0 spiro atoms. The lowest BCUT2D eigenvalue weighted by molar-refractivity contribution is 0.0596. The van der Waals surface area contributed by atoms with Crippen molar-refractivity contribution >= 4 is 0 Å². The molecule has 1 rings (SSSR count). The molecular formula is C14H31N3O. The van der Waals surface area contributed by atoms with Gasteiger partial charge in [0.25, 0.3) is 0 Å². The Balaban J connectivity index is 2.19. The van der Waals surface area contributed by atoms with Gasteiger partial charge in [-0.15, -0.1) is 0 Å². The van der Waals surface area contributed by atoms with Crippen LogP contribution in [0.1, 0.15) is 27.2 Å². The average molecular weight is 257 g/mol. The average Bonchev–Trinajstić information content (AvgIpc) is 2.54. The molecule has 4 heteroatoms. The molecule has 1 aliphatic heterocycles. The molecule has 18 heavy (non-hydrogen) atoms. The highest BCUT2D eigenvalue weighted by Gasteiger charge is 2.15. The fourth-order valence-corrected chi connectivity index (χ4v) is 2.36. The summed E-state index contributed by atoms with van der Waals surface area (Å²) in [5.41, 5.74) is 5.70. The molecule has 4 nitrogen and oxygen atoms in total. The Labute approximate surface area is 112 Å². The maximum Gasteiger partial charge on any atom is 0.0596 e. The van der Waals surface area contributed by atoms with Gasteiger partial charge in [-0.05, 0) is 45.8 Å². The normalized spacial score (nSPS) is 21.2. The molecule has 1 fully saturated rings. The van der Waals surface area contributed by atoms with Crippen molar-refractivity contribution in [3.8, 4) is 0 Å². The molecule has 0 radical (unpaired) electrons. The summed E-state index contributed by atoms with van der Waals surface area (Å²) in [4.78, 5) is 5.08. The topological polar surface area (TPSA) is 41.7 Å². The third kappa shape index (κ3) is 6.69. The van der Waals surface area contributed by atoms with Crippen LogP contribution in [0.4, 0.5) is 0 Å². The Kier molecular flexibility index (Phi) is 7.82. The smallest absolute Gasteiger partial charge is 0.0596 e. The Hall–Kier alpha value is -0.160. The summed E-state index contributed by atoms with van der Waals surface area (Å²) >= 11 is 0. The summed E-state index contributed by atoms with van der Waals surface area (Å²) < 4.78 is 5.62. The third-order valence-electron chi connectivity index (χ3n) is 3.51. The zero-order valence-electron chi connectivity index (χ0n) is 12.4. The quantitative estimate of drug-likeness (QED) is 0.739. The Bertz CT molecular complexity index is 211. The Morgan fingerprint density at radius 3 is 2.39 bits per heavy atom. The van der Waals surface area contributed by atoms with E-state index in [0.717, 1.165) is 26.2 Å². The molecule has 108 valence electrons. The van der Waals surface area contributed by atoms with Gasteiger partial charge in [-0.1, -0.05) is 6.92 Å². The van der Waals surface area contributed by atoms with Gasteiger partial charge in [0, 0.05) is 26.2 Å². The van der Waals surface area contributed by atoms with Crippen molar-refractivity contribution in [1.82, 2.24) is 9.80 Å². The molecule has 0 aromatic rings. The summed E-state index contributed by atoms with van der Waals surface area (Å²) in [7, 11) is 0. The number of nitrogens with two attached hydrogens (primary N) is 1. The van der Waals surface area contributed by atoms with E-state index in [0.29, 0.717) is 12.0 Å². The third-order valence-corrected chi connectivity index (χ3v) is 3.51. The predicted molar refractivity (Wildman–Crippen MR) is 76.8 cm³/mol. The van der Waals surface area contributed by atoms with Crippen molar-refractivity contribution in [2.75, 3.05) is 52.4 Å². The van der Waals surface area contributed by atoms with E-state index in [1.165, 1.54) is 32.6 Å². The summed E-state index contributed by atoms with van der Waals surface area (Å²) in [6.07, 6.45) is 1.61. The SMILES string of the molecule is CC(CN)CN1CCCN(CCOC(C)C)CC1. The highest BCUT2D eigenvalue weighted by atomic mass is 16.5. The molecule has 0 aliphatic carbocycles. The van der Waals surface area contributed by atoms with Crippen LogP contribution in [0.15, 0.2) is 0 Å². The lowest BCUT2D eigenvalue weighted by Crippen LogP contribution is -2.36. The first kappa shape index (κ1) is 15.9. The van der Waals surface area contributed by atoms with Crippen molar-refractivity contribution < 1.29 is 4.74 Å². The van der Waals surface area contributed by atoms with Crippen LogP contribution >= 0.6 is 0 Å².